The standard InChI is InChI=1S/C28H40N2O2S/c1-21(2)11-13-24-15-16-25(33-24)14-12-23-17-28(32-20-30(8,9)10)26(22(3)4)18-27(23)31-19-29(5,6)7/h15-18,21-22H,19-20H2,1-10H3/q+2. The fraction of sp³-hybridized carbons (Fsp3) is 0.500. The van der Waals surface area contributed by atoms with Crippen molar-refractivity contribution in [3.63, 3.8) is 0 Å². The van der Waals surface area contributed by atoms with Crippen molar-refractivity contribution in [1.82, 2.24) is 0 Å². The predicted molar refractivity (Wildman–Crippen MR) is 140 cm³/mol. The molecule has 0 fully saturated rings. The third-order valence-corrected chi connectivity index (χ3v) is 5.28. The van der Waals surface area contributed by atoms with Crippen LogP contribution in [0.5, 0.6) is 11.5 Å². The molecule has 0 saturated heterocycles. The van der Waals surface area contributed by atoms with Crippen LogP contribution in [0.15, 0.2) is 24.3 Å². The molecule has 0 unspecified atom stereocenters. The molecule has 178 valence electrons. The Bertz CT molecular complexity index is 1060. The molecule has 0 aliphatic heterocycles. The van der Waals surface area contributed by atoms with Crippen LogP contribution in [-0.2, 0) is 0 Å². The summed E-state index contributed by atoms with van der Waals surface area (Å²) in [4.78, 5) is 2.03. The minimum atomic E-state index is 0.306. The Kier molecular flexibility index (Phi) is 9.04. The SMILES string of the molecule is CC(C)C#Cc1ccc(C#Cc2cc(OC[N+](C)(C)C)c(C(C)C)cc2OC[N+](C)(C)C)s1. The Morgan fingerprint density at radius 3 is 1.82 bits per heavy atom. The summed E-state index contributed by atoms with van der Waals surface area (Å²) in [5.74, 6) is 15.4. The fourth-order valence-electron chi connectivity index (χ4n) is 2.71. The van der Waals surface area contributed by atoms with Crippen molar-refractivity contribution < 1.29 is 18.4 Å². The minimum absolute atomic E-state index is 0.306. The predicted octanol–water partition coefficient (Wildman–Crippen LogP) is 5.36. The van der Waals surface area contributed by atoms with Crippen LogP contribution in [0.2, 0.25) is 0 Å². The molecule has 0 bridgehead atoms. The van der Waals surface area contributed by atoms with Gasteiger partial charge in [-0.25, -0.2) is 0 Å². The average Bonchev–Trinajstić information content (AvgIpc) is 3.14. The van der Waals surface area contributed by atoms with Crippen molar-refractivity contribution in [3.8, 4) is 35.2 Å². The molecule has 4 nitrogen and oxygen atoms in total. The molecule has 1 heterocycles. The number of ether oxygens (including phenoxy) is 2. The van der Waals surface area contributed by atoms with Crippen LogP contribution in [0.1, 0.15) is 54.5 Å². The second kappa shape index (κ2) is 11.1. The Morgan fingerprint density at radius 1 is 0.758 bits per heavy atom. The van der Waals surface area contributed by atoms with Gasteiger partial charge in [0.2, 0.25) is 13.5 Å². The van der Waals surface area contributed by atoms with E-state index in [0.29, 0.717) is 34.3 Å². The smallest absolute Gasteiger partial charge is 0.223 e. The van der Waals surface area contributed by atoms with Gasteiger partial charge in [0.1, 0.15) is 11.5 Å². The summed E-state index contributed by atoms with van der Waals surface area (Å²) in [6.45, 7) is 9.67. The monoisotopic (exact) mass is 468 g/mol. The van der Waals surface area contributed by atoms with E-state index in [9.17, 15) is 0 Å². The quantitative estimate of drug-likeness (QED) is 0.309. The Labute approximate surface area is 205 Å². The summed E-state index contributed by atoms with van der Waals surface area (Å²) >= 11 is 1.62. The molecule has 0 radical (unpaired) electrons. The van der Waals surface area contributed by atoms with Crippen LogP contribution in [0.3, 0.4) is 0 Å². The maximum absolute atomic E-state index is 6.24. The van der Waals surface area contributed by atoms with E-state index in [2.05, 4.69) is 99.7 Å². The number of quaternary nitrogens is 2. The summed E-state index contributed by atoms with van der Waals surface area (Å²) in [5, 5.41) is 0. The molecule has 0 atom stereocenters. The van der Waals surface area contributed by atoms with Crippen LogP contribution in [0.25, 0.3) is 0 Å². The highest BCUT2D eigenvalue weighted by Gasteiger charge is 2.18. The van der Waals surface area contributed by atoms with Gasteiger partial charge in [-0.1, -0.05) is 51.4 Å². The van der Waals surface area contributed by atoms with E-state index >= 15 is 0 Å². The zero-order chi connectivity index (χ0) is 24.8. The lowest BCUT2D eigenvalue weighted by Crippen LogP contribution is -2.38. The van der Waals surface area contributed by atoms with Gasteiger partial charge in [-0.2, -0.15) is 0 Å². The minimum Gasteiger partial charge on any atom is -0.445 e. The van der Waals surface area contributed by atoms with Crippen LogP contribution >= 0.6 is 11.3 Å². The Hall–Kier alpha value is -2.44. The molecule has 33 heavy (non-hydrogen) atoms. The van der Waals surface area contributed by atoms with Crippen molar-refractivity contribution >= 4 is 11.3 Å². The second-order valence-corrected chi connectivity index (χ2v) is 12.1. The van der Waals surface area contributed by atoms with E-state index in [4.69, 9.17) is 9.47 Å². The highest BCUT2D eigenvalue weighted by atomic mass is 32.1. The topological polar surface area (TPSA) is 18.5 Å². The highest BCUT2D eigenvalue weighted by molar-refractivity contribution is 7.13. The lowest BCUT2D eigenvalue weighted by molar-refractivity contribution is -0.886. The normalized spacial score (nSPS) is 11.6. The van der Waals surface area contributed by atoms with E-state index < -0.39 is 0 Å². The molecule has 0 N–H and O–H groups in total. The van der Waals surface area contributed by atoms with Crippen LogP contribution in [0.4, 0.5) is 0 Å². The first-order valence-corrected chi connectivity index (χ1v) is 12.2. The number of hydrogen-bond acceptors (Lipinski definition) is 3. The third kappa shape index (κ3) is 9.52. The van der Waals surface area contributed by atoms with E-state index in [1.807, 2.05) is 18.2 Å². The summed E-state index contributed by atoms with van der Waals surface area (Å²) in [7, 11) is 12.7. The van der Waals surface area contributed by atoms with Gasteiger partial charge in [-0.3, -0.25) is 8.97 Å². The lowest BCUT2D eigenvalue weighted by atomic mass is 9.99. The Morgan fingerprint density at radius 2 is 1.30 bits per heavy atom. The van der Waals surface area contributed by atoms with E-state index in [-0.39, 0.29) is 0 Å². The molecule has 2 aromatic rings. The van der Waals surface area contributed by atoms with Crippen molar-refractivity contribution in [1.29, 1.82) is 0 Å². The summed E-state index contributed by atoms with van der Waals surface area (Å²) < 4.78 is 13.9. The molecule has 0 amide bonds. The van der Waals surface area contributed by atoms with E-state index in [1.54, 1.807) is 11.3 Å². The molecule has 0 saturated carbocycles. The van der Waals surface area contributed by atoms with Crippen molar-refractivity contribution in [2.24, 2.45) is 5.92 Å². The van der Waals surface area contributed by atoms with Gasteiger partial charge in [0.15, 0.2) is 0 Å². The molecule has 1 aromatic heterocycles. The first-order chi connectivity index (χ1) is 15.2. The highest BCUT2D eigenvalue weighted by Crippen LogP contribution is 2.34. The largest absolute Gasteiger partial charge is 0.445 e. The lowest BCUT2D eigenvalue weighted by Gasteiger charge is -2.26. The average molecular weight is 469 g/mol. The van der Waals surface area contributed by atoms with Crippen LogP contribution < -0.4 is 9.47 Å². The maximum atomic E-state index is 6.24. The van der Waals surface area contributed by atoms with Gasteiger partial charge in [0, 0.05) is 17.5 Å². The number of rotatable bonds is 7. The van der Waals surface area contributed by atoms with Crippen molar-refractivity contribution in [2.75, 3.05) is 55.7 Å². The molecule has 0 aliphatic rings. The zero-order valence-electron chi connectivity index (χ0n) is 22.0. The molecule has 2 rings (SSSR count). The van der Waals surface area contributed by atoms with E-state index in [0.717, 1.165) is 32.4 Å². The van der Waals surface area contributed by atoms with Crippen LogP contribution in [-0.4, -0.2) is 64.7 Å². The number of thiophene rings is 1. The first-order valence-electron chi connectivity index (χ1n) is 11.4. The number of hydrogen-bond donors (Lipinski definition) is 0. The zero-order valence-corrected chi connectivity index (χ0v) is 22.8. The van der Waals surface area contributed by atoms with Gasteiger partial charge in [-0.15, -0.1) is 11.3 Å². The third-order valence-electron chi connectivity index (χ3n) is 4.36. The second-order valence-electron chi connectivity index (χ2n) is 11.0. The van der Waals surface area contributed by atoms with Gasteiger partial charge in [0.05, 0.1) is 57.6 Å². The molecule has 1 aromatic carbocycles. The van der Waals surface area contributed by atoms with E-state index in [1.165, 1.54) is 0 Å². The van der Waals surface area contributed by atoms with Gasteiger partial charge in [-0.05, 0) is 24.1 Å². The van der Waals surface area contributed by atoms with Gasteiger partial charge in [0.25, 0.3) is 0 Å². The summed E-state index contributed by atoms with van der Waals surface area (Å²) in [6, 6.07) is 8.21. The molecular formula is C28H40N2O2S+2. The van der Waals surface area contributed by atoms with Crippen molar-refractivity contribution in [3.05, 3.63) is 45.1 Å². The first kappa shape index (κ1) is 26.8. The molecule has 5 heteroatoms. The summed E-state index contributed by atoms with van der Waals surface area (Å²) in [6.07, 6.45) is 0. The Balaban J connectivity index is 2.47. The number of benzene rings is 1. The van der Waals surface area contributed by atoms with Crippen molar-refractivity contribution in [2.45, 2.75) is 33.6 Å². The molecular weight excluding hydrogens is 428 g/mol. The maximum Gasteiger partial charge on any atom is 0.223 e. The summed E-state index contributed by atoms with van der Waals surface area (Å²) in [5.41, 5.74) is 1.97. The molecule has 0 aliphatic carbocycles. The fourth-order valence-corrected chi connectivity index (χ4v) is 3.43. The van der Waals surface area contributed by atoms with Gasteiger partial charge < -0.3 is 9.47 Å². The van der Waals surface area contributed by atoms with Gasteiger partial charge >= 0.3 is 0 Å². The molecule has 0 spiro atoms. The number of nitrogens with zero attached hydrogens (tertiary/aromatic N) is 2. The van der Waals surface area contributed by atoms with Crippen LogP contribution in [0, 0.1) is 29.6 Å².